The second kappa shape index (κ2) is 4.79. The fraction of sp³-hybridized carbons (Fsp3) is 0. The van der Waals surface area contributed by atoms with E-state index in [0.717, 1.165) is 24.5 Å². The molecule has 18 heavy (non-hydrogen) atoms. The Hall–Kier alpha value is -2.50. The molecule has 1 aromatic heterocycles. The zero-order valence-corrected chi connectivity index (χ0v) is 9.06. The second-order valence-electron chi connectivity index (χ2n) is 3.52. The molecule has 2 rings (SSSR count). The Bertz CT molecular complexity index is 585. The minimum Gasteiger partial charge on any atom is -0.619 e. The van der Waals surface area contributed by atoms with Gasteiger partial charge in [0.25, 0.3) is 5.91 Å². The van der Waals surface area contributed by atoms with Crippen molar-refractivity contribution in [2.24, 2.45) is 0 Å². The van der Waals surface area contributed by atoms with Crippen molar-refractivity contribution in [3.05, 3.63) is 65.1 Å². The van der Waals surface area contributed by atoms with Crippen LogP contribution in [0.5, 0.6) is 0 Å². The van der Waals surface area contributed by atoms with Gasteiger partial charge in [0, 0.05) is 18.2 Å². The van der Waals surface area contributed by atoms with Crippen molar-refractivity contribution in [2.45, 2.75) is 0 Å². The molecule has 0 aliphatic rings. The lowest BCUT2D eigenvalue weighted by Crippen LogP contribution is -2.25. The van der Waals surface area contributed by atoms with Gasteiger partial charge in [0.2, 0.25) is 0 Å². The van der Waals surface area contributed by atoms with Crippen LogP contribution in [0.15, 0.2) is 42.7 Å². The quantitative estimate of drug-likeness (QED) is 0.653. The van der Waals surface area contributed by atoms with Crippen molar-refractivity contribution in [1.29, 1.82) is 0 Å². The largest absolute Gasteiger partial charge is 0.619 e. The number of amides is 1. The third kappa shape index (κ3) is 2.60. The van der Waals surface area contributed by atoms with E-state index in [1.807, 2.05) is 0 Å². The summed E-state index contributed by atoms with van der Waals surface area (Å²) in [5.41, 5.74) is 0.0751. The molecule has 92 valence electrons. The average molecular weight is 250 g/mol. The van der Waals surface area contributed by atoms with E-state index in [0.29, 0.717) is 10.8 Å². The molecule has 0 aliphatic carbocycles. The van der Waals surface area contributed by atoms with Gasteiger partial charge in [0.1, 0.15) is 11.6 Å². The Kier molecular flexibility index (Phi) is 3.18. The van der Waals surface area contributed by atoms with E-state index in [9.17, 15) is 18.8 Å². The predicted octanol–water partition coefficient (Wildman–Crippen LogP) is 1.85. The average Bonchev–Trinajstić information content (AvgIpc) is 2.33. The predicted molar refractivity (Wildman–Crippen MR) is 59.7 cm³/mol. The molecule has 1 amide bonds. The molecule has 0 saturated carbocycles. The summed E-state index contributed by atoms with van der Waals surface area (Å²) >= 11 is 0. The van der Waals surface area contributed by atoms with Crippen LogP contribution in [0.25, 0.3) is 0 Å². The van der Waals surface area contributed by atoms with Crippen molar-refractivity contribution in [1.82, 2.24) is 0 Å². The Labute approximate surface area is 101 Å². The fourth-order valence-corrected chi connectivity index (χ4v) is 1.35. The normalized spacial score (nSPS) is 10.1. The molecule has 6 heteroatoms. The van der Waals surface area contributed by atoms with E-state index in [1.165, 1.54) is 12.1 Å². The Morgan fingerprint density at radius 2 is 1.83 bits per heavy atom. The summed E-state index contributed by atoms with van der Waals surface area (Å²) in [7, 11) is 0. The highest BCUT2D eigenvalue weighted by atomic mass is 19.1. The smallest absolute Gasteiger partial charge is 0.256 e. The molecule has 0 spiro atoms. The summed E-state index contributed by atoms with van der Waals surface area (Å²) in [4.78, 5) is 11.7. The standard InChI is InChI=1S/C12H8F2N2O2/c13-9-1-2-11(10(14)7-9)15-12(17)8-3-5-16(18)6-4-8/h1-7H,(H,15,17). The van der Waals surface area contributed by atoms with E-state index in [-0.39, 0.29) is 11.3 Å². The first-order chi connectivity index (χ1) is 8.56. The Balaban J connectivity index is 2.18. The maximum Gasteiger partial charge on any atom is 0.256 e. The maximum atomic E-state index is 13.3. The van der Waals surface area contributed by atoms with Gasteiger partial charge in [-0.1, -0.05) is 0 Å². The van der Waals surface area contributed by atoms with Gasteiger partial charge in [0.05, 0.1) is 11.3 Å². The molecule has 0 aliphatic heterocycles. The number of hydrogen-bond acceptors (Lipinski definition) is 2. The SMILES string of the molecule is O=C(Nc1ccc(F)cc1F)c1cc[n+]([O-])cc1. The highest BCUT2D eigenvalue weighted by molar-refractivity contribution is 6.04. The number of hydrogen-bond donors (Lipinski definition) is 1. The minimum atomic E-state index is -0.863. The van der Waals surface area contributed by atoms with E-state index in [4.69, 9.17) is 0 Å². The van der Waals surface area contributed by atoms with Gasteiger partial charge in [0.15, 0.2) is 12.4 Å². The molecule has 0 bridgehead atoms. The van der Waals surface area contributed by atoms with Crippen LogP contribution in [0, 0.1) is 16.8 Å². The molecular formula is C12H8F2N2O2. The molecule has 0 saturated heterocycles. The lowest BCUT2D eigenvalue weighted by molar-refractivity contribution is -0.605. The summed E-state index contributed by atoms with van der Waals surface area (Å²) < 4.78 is 26.5. The molecule has 1 aromatic carbocycles. The van der Waals surface area contributed by atoms with Gasteiger partial charge in [-0.05, 0) is 12.1 Å². The number of nitrogens with one attached hydrogen (secondary N) is 1. The van der Waals surface area contributed by atoms with Crippen LogP contribution in [0.1, 0.15) is 10.4 Å². The molecule has 1 heterocycles. The monoisotopic (exact) mass is 250 g/mol. The highest BCUT2D eigenvalue weighted by Gasteiger charge is 2.10. The van der Waals surface area contributed by atoms with Crippen molar-refractivity contribution in [3.63, 3.8) is 0 Å². The topological polar surface area (TPSA) is 56.0 Å². The molecular weight excluding hydrogens is 242 g/mol. The second-order valence-corrected chi connectivity index (χ2v) is 3.52. The molecule has 2 aromatic rings. The van der Waals surface area contributed by atoms with Gasteiger partial charge < -0.3 is 10.5 Å². The van der Waals surface area contributed by atoms with Crippen LogP contribution in [0.3, 0.4) is 0 Å². The summed E-state index contributed by atoms with van der Waals surface area (Å²) in [6.45, 7) is 0. The Morgan fingerprint density at radius 3 is 2.44 bits per heavy atom. The van der Waals surface area contributed by atoms with Gasteiger partial charge in [-0.3, -0.25) is 4.79 Å². The minimum absolute atomic E-state index is 0.125. The summed E-state index contributed by atoms with van der Waals surface area (Å²) in [6.07, 6.45) is 2.30. The lowest BCUT2D eigenvalue weighted by Gasteiger charge is -2.06. The molecule has 1 N–H and O–H groups in total. The van der Waals surface area contributed by atoms with E-state index < -0.39 is 17.5 Å². The van der Waals surface area contributed by atoms with Crippen LogP contribution in [-0.2, 0) is 0 Å². The van der Waals surface area contributed by atoms with E-state index in [1.54, 1.807) is 0 Å². The van der Waals surface area contributed by atoms with Crippen molar-refractivity contribution < 1.29 is 18.3 Å². The molecule has 0 fully saturated rings. The van der Waals surface area contributed by atoms with Gasteiger partial charge >= 0.3 is 0 Å². The van der Waals surface area contributed by atoms with Gasteiger partial charge in [-0.2, -0.15) is 4.73 Å². The van der Waals surface area contributed by atoms with Crippen LogP contribution in [-0.4, -0.2) is 5.91 Å². The maximum absolute atomic E-state index is 13.3. The Morgan fingerprint density at radius 1 is 1.17 bits per heavy atom. The number of carbonyl (C=O) groups is 1. The molecule has 0 unspecified atom stereocenters. The third-order valence-electron chi connectivity index (χ3n) is 2.24. The van der Waals surface area contributed by atoms with Crippen molar-refractivity contribution in [3.8, 4) is 0 Å². The number of anilines is 1. The van der Waals surface area contributed by atoms with E-state index in [2.05, 4.69) is 5.32 Å². The number of rotatable bonds is 2. The summed E-state index contributed by atoms with van der Waals surface area (Å²) in [5.74, 6) is -2.17. The van der Waals surface area contributed by atoms with Crippen LogP contribution in [0.2, 0.25) is 0 Å². The van der Waals surface area contributed by atoms with Crippen molar-refractivity contribution in [2.75, 3.05) is 5.32 Å². The zero-order chi connectivity index (χ0) is 13.1. The van der Waals surface area contributed by atoms with Gasteiger partial charge in [-0.25, -0.2) is 8.78 Å². The van der Waals surface area contributed by atoms with Gasteiger partial charge in [-0.15, -0.1) is 0 Å². The molecule has 4 nitrogen and oxygen atoms in total. The molecule has 0 radical (unpaired) electrons. The number of carbonyl (C=O) groups excluding carboxylic acids is 1. The fourth-order valence-electron chi connectivity index (χ4n) is 1.35. The number of halogens is 2. The van der Waals surface area contributed by atoms with Crippen LogP contribution >= 0.6 is 0 Å². The first-order valence-corrected chi connectivity index (χ1v) is 5.01. The zero-order valence-electron chi connectivity index (χ0n) is 9.06. The number of benzene rings is 1. The highest BCUT2D eigenvalue weighted by Crippen LogP contribution is 2.15. The first kappa shape index (κ1) is 12.0. The number of pyridine rings is 1. The third-order valence-corrected chi connectivity index (χ3v) is 2.24. The summed E-state index contributed by atoms with van der Waals surface area (Å²) in [6, 6.07) is 5.42. The molecule has 0 atom stereocenters. The number of nitrogens with zero attached hydrogens (tertiary/aromatic N) is 1. The first-order valence-electron chi connectivity index (χ1n) is 5.01. The number of aromatic nitrogens is 1. The van der Waals surface area contributed by atoms with E-state index >= 15 is 0 Å². The van der Waals surface area contributed by atoms with Crippen molar-refractivity contribution >= 4 is 11.6 Å². The summed E-state index contributed by atoms with van der Waals surface area (Å²) in [5, 5.41) is 13.1. The van der Waals surface area contributed by atoms with Crippen LogP contribution in [0.4, 0.5) is 14.5 Å². The lowest BCUT2D eigenvalue weighted by atomic mass is 10.2. The van der Waals surface area contributed by atoms with Crippen LogP contribution < -0.4 is 10.0 Å².